The predicted molar refractivity (Wildman–Crippen MR) is 113 cm³/mol. The number of benzene rings is 2. The summed E-state index contributed by atoms with van der Waals surface area (Å²) in [5, 5.41) is 0. The van der Waals surface area contributed by atoms with Gasteiger partial charge in [0.05, 0.1) is 5.56 Å². The Morgan fingerprint density at radius 3 is 2.47 bits per heavy atom. The second-order valence-corrected chi connectivity index (χ2v) is 8.62. The fourth-order valence-electron chi connectivity index (χ4n) is 3.47. The van der Waals surface area contributed by atoms with E-state index in [1.54, 1.807) is 32.9 Å². The van der Waals surface area contributed by atoms with Gasteiger partial charge in [0.15, 0.2) is 17.3 Å². The maximum absolute atomic E-state index is 15.1. The van der Waals surface area contributed by atoms with Crippen LogP contribution < -0.4 is 4.74 Å². The molecular weight excluding hydrogens is 385 g/mol. The highest BCUT2D eigenvalue weighted by Crippen LogP contribution is 2.31. The first-order valence-corrected chi connectivity index (χ1v) is 10.2. The number of aryl methyl sites for hydroxylation is 1. The molecule has 0 aromatic heterocycles. The average Bonchev–Trinajstić information content (AvgIpc) is 2.69. The standard InChI is InChI=1S/C24H28FNO4/c1-16-9-5-6-12-19(16)29-20-13-7-11-18(21(20)25)22(27)17-10-8-14-26(15-17)23(28)30-24(2,3)4/h5-7,9,11-13,17H,8,10,14-15H2,1-4H3. The van der Waals surface area contributed by atoms with E-state index in [4.69, 9.17) is 9.47 Å². The van der Waals surface area contributed by atoms with Crippen LogP contribution in [0.15, 0.2) is 42.5 Å². The normalized spacial score (nSPS) is 16.8. The lowest BCUT2D eigenvalue weighted by atomic mass is 9.90. The van der Waals surface area contributed by atoms with Gasteiger partial charge in [0.25, 0.3) is 0 Å². The number of carbonyl (C=O) groups is 2. The molecule has 2 aromatic rings. The van der Waals surface area contributed by atoms with Gasteiger partial charge >= 0.3 is 6.09 Å². The van der Waals surface area contributed by atoms with Crippen molar-refractivity contribution in [1.82, 2.24) is 4.90 Å². The molecule has 1 atom stereocenters. The van der Waals surface area contributed by atoms with Gasteiger partial charge in [-0.2, -0.15) is 0 Å². The molecule has 1 unspecified atom stereocenters. The minimum atomic E-state index is -0.680. The summed E-state index contributed by atoms with van der Waals surface area (Å²) >= 11 is 0. The molecule has 2 aromatic carbocycles. The van der Waals surface area contributed by atoms with Crippen LogP contribution in [-0.2, 0) is 4.74 Å². The van der Waals surface area contributed by atoms with E-state index < -0.39 is 23.4 Å². The van der Waals surface area contributed by atoms with Crippen LogP contribution in [-0.4, -0.2) is 35.5 Å². The largest absolute Gasteiger partial charge is 0.454 e. The Bertz CT molecular complexity index is 935. The summed E-state index contributed by atoms with van der Waals surface area (Å²) in [6.45, 7) is 8.01. The van der Waals surface area contributed by atoms with Gasteiger partial charge in [-0.1, -0.05) is 24.3 Å². The average molecular weight is 413 g/mol. The second-order valence-electron chi connectivity index (χ2n) is 8.62. The number of piperidine rings is 1. The number of para-hydroxylation sites is 1. The number of Topliss-reactive ketones (excluding diaryl/α,β-unsaturated/α-hetero) is 1. The molecule has 1 amide bonds. The van der Waals surface area contributed by atoms with Crippen LogP contribution in [0.4, 0.5) is 9.18 Å². The van der Waals surface area contributed by atoms with Crippen molar-refractivity contribution in [1.29, 1.82) is 0 Å². The number of rotatable bonds is 4. The van der Waals surface area contributed by atoms with E-state index in [0.717, 1.165) is 5.56 Å². The Kier molecular flexibility index (Phi) is 6.44. The molecule has 3 rings (SSSR count). The van der Waals surface area contributed by atoms with Gasteiger partial charge in [0, 0.05) is 19.0 Å². The minimum absolute atomic E-state index is 0.00922. The summed E-state index contributed by atoms with van der Waals surface area (Å²) in [5.41, 5.74) is 0.243. The molecule has 1 aliphatic rings. The number of nitrogens with zero attached hydrogens (tertiary/aromatic N) is 1. The van der Waals surface area contributed by atoms with Crippen molar-refractivity contribution in [3.05, 3.63) is 59.4 Å². The zero-order valence-electron chi connectivity index (χ0n) is 17.9. The Morgan fingerprint density at radius 1 is 1.07 bits per heavy atom. The van der Waals surface area contributed by atoms with Crippen LogP contribution in [0.3, 0.4) is 0 Å². The fourth-order valence-corrected chi connectivity index (χ4v) is 3.47. The van der Waals surface area contributed by atoms with Crippen molar-refractivity contribution < 1.29 is 23.5 Å². The third kappa shape index (κ3) is 5.17. The van der Waals surface area contributed by atoms with Gasteiger partial charge in [-0.3, -0.25) is 4.79 Å². The van der Waals surface area contributed by atoms with Crippen molar-refractivity contribution in [3.8, 4) is 11.5 Å². The molecule has 160 valence electrons. The summed E-state index contributed by atoms with van der Waals surface area (Å²) in [4.78, 5) is 27.0. The maximum Gasteiger partial charge on any atom is 0.410 e. The summed E-state index contributed by atoms with van der Waals surface area (Å²) in [5.74, 6) is -0.935. The smallest absolute Gasteiger partial charge is 0.410 e. The number of amides is 1. The van der Waals surface area contributed by atoms with Gasteiger partial charge in [-0.05, 0) is 64.3 Å². The van der Waals surface area contributed by atoms with Crippen molar-refractivity contribution in [2.45, 2.75) is 46.1 Å². The number of ether oxygens (including phenoxy) is 2. The van der Waals surface area contributed by atoms with Gasteiger partial charge in [-0.25, -0.2) is 9.18 Å². The summed E-state index contributed by atoms with van der Waals surface area (Å²) < 4.78 is 26.3. The highest BCUT2D eigenvalue weighted by atomic mass is 19.1. The Morgan fingerprint density at radius 2 is 1.77 bits per heavy atom. The molecule has 5 nitrogen and oxygen atoms in total. The molecule has 0 N–H and O–H groups in total. The van der Waals surface area contributed by atoms with Crippen LogP contribution in [0, 0.1) is 18.7 Å². The predicted octanol–water partition coefficient (Wildman–Crippen LogP) is 5.76. The van der Waals surface area contributed by atoms with E-state index in [1.807, 2.05) is 25.1 Å². The second kappa shape index (κ2) is 8.86. The number of likely N-dealkylation sites (tertiary alicyclic amines) is 1. The first kappa shape index (κ1) is 21.8. The van der Waals surface area contributed by atoms with Crippen LogP contribution in [0.2, 0.25) is 0 Å². The third-order valence-corrected chi connectivity index (χ3v) is 4.99. The van der Waals surface area contributed by atoms with E-state index in [1.165, 1.54) is 17.0 Å². The summed E-state index contributed by atoms with van der Waals surface area (Å²) in [6, 6.07) is 11.9. The Labute approximate surface area is 176 Å². The van der Waals surface area contributed by atoms with Gasteiger partial charge in [-0.15, -0.1) is 0 Å². The van der Waals surface area contributed by atoms with Crippen molar-refractivity contribution >= 4 is 11.9 Å². The molecular formula is C24H28FNO4. The van der Waals surface area contributed by atoms with E-state index in [2.05, 4.69) is 0 Å². The van der Waals surface area contributed by atoms with Crippen LogP contribution in [0.1, 0.15) is 49.5 Å². The summed E-state index contributed by atoms with van der Waals surface area (Å²) in [7, 11) is 0. The monoisotopic (exact) mass is 413 g/mol. The zero-order valence-corrected chi connectivity index (χ0v) is 17.9. The zero-order chi connectivity index (χ0) is 21.9. The first-order valence-electron chi connectivity index (χ1n) is 10.2. The quantitative estimate of drug-likeness (QED) is 0.598. The van der Waals surface area contributed by atoms with Crippen molar-refractivity contribution in [3.63, 3.8) is 0 Å². The van der Waals surface area contributed by atoms with E-state index >= 15 is 4.39 Å². The molecule has 0 saturated carbocycles. The lowest BCUT2D eigenvalue weighted by Gasteiger charge is -2.33. The van der Waals surface area contributed by atoms with Crippen LogP contribution in [0.5, 0.6) is 11.5 Å². The van der Waals surface area contributed by atoms with E-state index in [9.17, 15) is 9.59 Å². The highest BCUT2D eigenvalue weighted by Gasteiger charge is 2.33. The molecule has 6 heteroatoms. The van der Waals surface area contributed by atoms with Gasteiger partial charge < -0.3 is 14.4 Å². The number of halogens is 1. The molecule has 30 heavy (non-hydrogen) atoms. The highest BCUT2D eigenvalue weighted by molar-refractivity contribution is 5.99. The number of hydrogen-bond donors (Lipinski definition) is 0. The van der Waals surface area contributed by atoms with E-state index in [0.29, 0.717) is 25.1 Å². The molecule has 0 radical (unpaired) electrons. The SMILES string of the molecule is Cc1ccccc1Oc1cccc(C(=O)C2CCCN(C(=O)OC(C)(C)C)C2)c1F. The molecule has 1 saturated heterocycles. The van der Waals surface area contributed by atoms with Crippen molar-refractivity contribution in [2.75, 3.05) is 13.1 Å². The van der Waals surface area contributed by atoms with Crippen molar-refractivity contribution in [2.24, 2.45) is 5.92 Å². The molecule has 1 heterocycles. The first-order chi connectivity index (χ1) is 14.2. The van der Waals surface area contributed by atoms with Crippen LogP contribution >= 0.6 is 0 Å². The molecule has 1 aliphatic heterocycles. The van der Waals surface area contributed by atoms with Gasteiger partial charge in [0.1, 0.15) is 11.4 Å². The van der Waals surface area contributed by atoms with E-state index in [-0.39, 0.29) is 23.6 Å². The maximum atomic E-state index is 15.1. The Balaban J connectivity index is 1.76. The minimum Gasteiger partial charge on any atom is -0.454 e. The lowest BCUT2D eigenvalue weighted by molar-refractivity contribution is 0.0171. The fraction of sp³-hybridized carbons (Fsp3) is 0.417. The van der Waals surface area contributed by atoms with Gasteiger partial charge in [0.2, 0.25) is 0 Å². The molecule has 1 fully saturated rings. The number of hydrogen-bond acceptors (Lipinski definition) is 4. The molecule has 0 bridgehead atoms. The summed E-state index contributed by atoms with van der Waals surface area (Å²) in [6.07, 6.45) is 0.814. The Hall–Kier alpha value is -2.89. The number of ketones is 1. The third-order valence-electron chi connectivity index (χ3n) is 4.99. The lowest BCUT2D eigenvalue weighted by Crippen LogP contribution is -2.44. The molecule has 0 aliphatic carbocycles. The van der Waals surface area contributed by atoms with Crippen LogP contribution in [0.25, 0.3) is 0 Å². The topological polar surface area (TPSA) is 55.8 Å². The molecule has 0 spiro atoms. The number of carbonyl (C=O) groups excluding carboxylic acids is 2.